The maximum absolute atomic E-state index is 12.0. The van der Waals surface area contributed by atoms with Gasteiger partial charge in [-0.25, -0.2) is 14.8 Å². The van der Waals surface area contributed by atoms with E-state index < -0.39 is 5.97 Å². The van der Waals surface area contributed by atoms with Crippen LogP contribution in [-0.2, 0) is 4.74 Å². The molecule has 0 spiro atoms. The van der Waals surface area contributed by atoms with Crippen molar-refractivity contribution in [2.24, 2.45) is 4.99 Å². The molecular formula is C17H15N3O2. The largest absolute Gasteiger partial charge is 0.461 e. The summed E-state index contributed by atoms with van der Waals surface area (Å²) in [5.74, 6) is -0.446. The summed E-state index contributed by atoms with van der Waals surface area (Å²) in [4.78, 5) is 20.8. The normalized spacial score (nSPS) is 11.6. The molecule has 0 saturated carbocycles. The number of nitrogens with zero attached hydrogens (tertiary/aromatic N) is 3. The first-order valence-electron chi connectivity index (χ1n) is 7.03. The fraction of sp³-hybridized carbons (Fsp3) is 0.118. The summed E-state index contributed by atoms with van der Waals surface area (Å²) in [6.07, 6.45) is 1.86. The van der Waals surface area contributed by atoms with Crippen LogP contribution in [0.15, 0.2) is 65.8 Å². The van der Waals surface area contributed by atoms with Crippen LogP contribution in [0.3, 0.4) is 0 Å². The highest BCUT2D eigenvalue weighted by Crippen LogP contribution is 2.09. The number of hydrogen-bond acceptors (Lipinski definition) is 4. The summed E-state index contributed by atoms with van der Waals surface area (Å²) in [7, 11) is 0. The number of rotatable bonds is 3. The Bertz CT molecular complexity index is 870. The summed E-state index contributed by atoms with van der Waals surface area (Å²) in [5.41, 5.74) is 2.29. The molecule has 0 aliphatic rings. The minimum absolute atomic E-state index is 0.253. The van der Waals surface area contributed by atoms with E-state index in [0.717, 1.165) is 11.2 Å². The van der Waals surface area contributed by atoms with Gasteiger partial charge >= 0.3 is 5.97 Å². The topological polar surface area (TPSA) is 56.0 Å². The lowest BCUT2D eigenvalue weighted by atomic mass is 10.3. The molecule has 110 valence electrons. The van der Waals surface area contributed by atoms with Crippen LogP contribution in [0.4, 0.5) is 5.69 Å². The van der Waals surface area contributed by atoms with Gasteiger partial charge in [0.25, 0.3) is 0 Å². The summed E-state index contributed by atoms with van der Waals surface area (Å²) < 4.78 is 6.86. The van der Waals surface area contributed by atoms with Gasteiger partial charge in [-0.3, -0.25) is 4.40 Å². The highest BCUT2D eigenvalue weighted by Gasteiger charge is 2.10. The number of aromatic nitrogens is 2. The van der Waals surface area contributed by atoms with E-state index in [4.69, 9.17) is 4.74 Å². The van der Waals surface area contributed by atoms with Crippen molar-refractivity contribution < 1.29 is 9.53 Å². The van der Waals surface area contributed by atoms with E-state index >= 15 is 0 Å². The van der Waals surface area contributed by atoms with E-state index in [9.17, 15) is 4.79 Å². The van der Waals surface area contributed by atoms with Gasteiger partial charge in [0.15, 0.2) is 5.69 Å². The first-order valence-corrected chi connectivity index (χ1v) is 7.03. The molecule has 0 aliphatic heterocycles. The highest BCUT2D eigenvalue weighted by atomic mass is 16.5. The average molecular weight is 293 g/mol. The second kappa shape index (κ2) is 6.22. The van der Waals surface area contributed by atoms with Crippen molar-refractivity contribution in [1.29, 1.82) is 0 Å². The minimum Gasteiger partial charge on any atom is -0.461 e. The molecule has 0 aliphatic carbocycles. The molecule has 22 heavy (non-hydrogen) atoms. The molecule has 0 fully saturated rings. The lowest BCUT2D eigenvalue weighted by Gasteiger charge is -2.05. The molecule has 5 heteroatoms. The number of hydrogen-bond donors (Lipinski definition) is 0. The third-order valence-electron chi connectivity index (χ3n) is 3.08. The molecule has 0 saturated heterocycles. The Morgan fingerprint density at radius 2 is 1.95 bits per heavy atom. The zero-order valence-corrected chi connectivity index (χ0v) is 12.1. The van der Waals surface area contributed by atoms with E-state index in [2.05, 4.69) is 9.98 Å². The zero-order valence-electron chi connectivity index (χ0n) is 12.1. The second-order valence-electron chi connectivity index (χ2n) is 4.60. The summed E-state index contributed by atoms with van der Waals surface area (Å²) in [5, 5.41) is 0. The van der Waals surface area contributed by atoms with Crippen LogP contribution in [0.25, 0.3) is 5.52 Å². The smallest absolute Gasteiger partial charge is 0.357 e. The second-order valence-corrected chi connectivity index (χ2v) is 4.60. The van der Waals surface area contributed by atoms with E-state index in [-0.39, 0.29) is 5.69 Å². The van der Waals surface area contributed by atoms with Crippen molar-refractivity contribution in [3.05, 3.63) is 72.1 Å². The minimum atomic E-state index is -0.446. The number of esters is 1. The van der Waals surface area contributed by atoms with E-state index in [1.54, 1.807) is 13.0 Å². The van der Waals surface area contributed by atoms with Crippen molar-refractivity contribution in [2.45, 2.75) is 6.92 Å². The number of pyridine rings is 1. The zero-order chi connectivity index (χ0) is 15.4. The number of fused-ring (bicyclic) bond motifs is 1. The Kier molecular flexibility index (Phi) is 3.96. The molecule has 0 radical (unpaired) electrons. The Morgan fingerprint density at radius 1 is 1.18 bits per heavy atom. The molecule has 3 rings (SSSR count). The molecule has 5 nitrogen and oxygen atoms in total. The van der Waals surface area contributed by atoms with Crippen LogP contribution in [0, 0.1) is 0 Å². The van der Waals surface area contributed by atoms with E-state index in [1.807, 2.05) is 59.1 Å². The van der Waals surface area contributed by atoms with Gasteiger partial charge in [-0.2, -0.15) is 0 Å². The van der Waals surface area contributed by atoms with Gasteiger partial charge in [-0.15, -0.1) is 0 Å². The van der Waals surface area contributed by atoms with Gasteiger partial charge in [-0.05, 0) is 37.3 Å². The first kappa shape index (κ1) is 14.0. The lowest BCUT2D eigenvalue weighted by molar-refractivity contribution is 0.0519. The van der Waals surface area contributed by atoms with Gasteiger partial charge in [-0.1, -0.05) is 24.3 Å². The average Bonchev–Trinajstić information content (AvgIpc) is 2.56. The number of carbonyl (C=O) groups is 1. The Balaban J connectivity index is 2.23. The van der Waals surface area contributed by atoms with Crippen LogP contribution < -0.4 is 5.62 Å². The van der Waals surface area contributed by atoms with Crippen molar-refractivity contribution in [3.8, 4) is 0 Å². The van der Waals surface area contributed by atoms with Crippen molar-refractivity contribution in [3.63, 3.8) is 0 Å². The molecule has 0 bridgehead atoms. The fourth-order valence-electron chi connectivity index (χ4n) is 2.10. The number of benzene rings is 1. The van der Waals surface area contributed by atoms with Crippen LogP contribution >= 0.6 is 0 Å². The molecule has 0 atom stereocenters. The highest BCUT2D eigenvalue weighted by molar-refractivity contribution is 5.88. The van der Waals surface area contributed by atoms with E-state index in [0.29, 0.717) is 12.2 Å². The van der Waals surface area contributed by atoms with Crippen LogP contribution in [-0.4, -0.2) is 22.0 Å². The van der Waals surface area contributed by atoms with Gasteiger partial charge < -0.3 is 4.74 Å². The molecule has 0 amide bonds. The molecule has 0 N–H and O–H groups in total. The van der Waals surface area contributed by atoms with Gasteiger partial charge in [0, 0.05) is 6.20 Å². The van der Waals surface area contributed by atoms with Crippen molar-refractivity contribution in [2.75, 3.05) is 6.61 Å². The lowest BCUT2D eigenvalue weighted by Crippen LogP contribution is -2.22. The van der Waals surface area contributed by atoms with E-state index in [1.165, 1.54) is 0 Å². The predicted molar refractivity (Wildman–Crippen MR) is 82.8 cm³/mol. The number of para-hydroxylation sites is 1. The van der Waals surface area contributed by atoms with Crippen molar-refractivity contribution >= 4 is 17.2 Å². The number of carbonyl (C=O) groups excluding carboxylic acids is 1. The quantitative estimate of drug-likeness (QED) is 0.698. The monoisotopic (exact) mass is 293 g/mol. The molecule has 2 heterocycles. The first-order chi connectivity index (χ1) is 10.8. The Morgan fingerprint density at radius 3 is 2.73 bits per heavy atom. The van der Waals surface area contributed by atoms with Gasteiger partial charge in [0.05, 0.1) is 17.8 Å². The fourth-order valence-corrected chi connectivity index (χ4v) is 2.10. The molecule has 1 aromatic carbocycles. The maximum atomic E-state index is 12.0. The van der Waals surface area contributed by atoms with Gasteiger partial charge in [0.1, 0.15) is 0 Å². The summed E-state index contributed by atoms with van der Waals surface area (Å²) in [6.45, 7) is 2.08. The summed E-state index contributed by atoms with van der Waals surface area (Å²) >= 11 is 0. The third-order valence-corrected chi connectivity index (χ3v) is 3.08. The Labute approximate surface area is 127 Å². The molecule has 2 aromatic heterocycles. The van der Waals surface area contributed by atoms with Gasteiger partial charge in [0.2, 0.25) is 5.62 Å². The SMILES string of the molecule is CCOC(=O)c1cc2ccccn2c(=Nc2ccccc2)n1. The van der Waals surface area contributed by atoms with Crippen LogP contribution in [0.5, 0.6) is 0 Å². The van der Waals surface area contributed by atoms with Crippen molar-refractivity contribution in [1.82, 2.24) is 9.38 Å². The third kappa shape index (κ3) is 2.88. The Hall–Kier alpha value is -2.95. The standard InChI is InChI=1S/C17H15N3O2/c1-2-22-16(21)15-12-14-10-6-7-11-20(14)17(19-15)18-13-8-4-3-5-9-13/h3-12H,2H2,1H3. The van der Waals surface area contributed by atoms with Crippen LogP contribution in [0.1, 0.15) is 17.4 Å². The molecule has 0 unspecified atom stereocenters. The summed E-state index contributed by atoms with van der Waals surface area (Å²) in [6, 6.07) is 16.9. The predicted octanol–water partition coefficient (Wildman–Crippen LogP) is 2.74. The molecular weight excluding hydrogens is 278 g/mol. The molecule has 3 aromatic rings. The van der Waals surface area contributed by atoms with Crippen LogP contribution in [0.2, 0.25) is 0 Å². The maximum Gasteiger partial charge on any atom is 0.357 e. The number of ether oxygens (including phenoxy) is 1.